The van der Waals surface area contributed by atoms with Crippen LogP contribution in [0.3, 0.4) is 0 Å². The van der Waals surface area contributed by atoms with Crippen LogP contribution in [0.2, 0.25) is 0 Å². The average molecular weight is 493 g/mol. The number of ether oxygens (including phenoxy) is 1. The molecule has 162 valence electrons. The first-order chi connectivity index (χ1) is 15.5. The molecule has 1 heterocycles. The largest absolute Gasteiger partial charge is 0.457 e. The van der Waals surface area contributed by atoms with Crippen molar-refractivity contribution in [1.29, 1.82) is 0 Å². The molecule has 6 nitrogen and oxygen atoms in total. The molecule has 0 spiro atoms. The number of nitrogens with one attached hydrogen (secondary N) is 1. The third kappa shape index (κ3) is 3.18. The van der Waals surface area contributed by atoms with E-state index >= 15 is 0 Å². The van der Waals surface area contributed by atoms with E-state index in [9.17, 15) is 14.4 Å². The number of carbonyl (C=O) groups is 3. The minimum absolute atomic E-state index is 0.165. The summed E-state index contributed by atoms with van der Waals surface area (Å²) in [5.74, 6) is 1.49. The predicted octanol–water partition coefficient (Wildman–Crippen LogP) is 4.23. The molecule has 2 saturated carbocycles. The summed E-state index contributed by atoms with van der Waals surface area (Å²) in [4.78, 5) is 39.8. The van der Waals surface area contributed by atoms with Crippen molar-refractivity contribution in [3.8, 4) is 11.5 Å². The molecule has 2 bridgehead atoms. The minimum Gasteiger partial charge on any atom is -0.457 e. The number of hydrogen-bond donors (Lipinski definition) is 1. The van der Waals surface area contributed by atoms with E-state index < -0.39 is 0 Å². The van der Waals surface area contributed by atoms with Gasteiger partial charge in [-0.3, -0.25) is 19.3 Å². The fraction of sp³-hybridized carbons (Fsp3) is 0.320. The first kappa shape index (κ1) is 19.7. The van der Waals surface area contributed by atoms with Gasteiger partial charge in [-0.1, -0.05) is 28.1 Å². The summed E-state index contributed by atoms with van der Waals surface area (Å²) in [6, 6.07) is 14.5. The van der Waals surface area contributed by atoms with E-state index in [2.05, 4.69) is 33.4 Å². The maximum Gasteiger partial charge on any atom is 0.244 e. The van der Waals surface area contributed by atoms with Gasteiger partial charge in [0.1, 0.15) is 18.0 Å². The molecule has 2 aromatic rings. The van der Waals surface area contributed by atoms with E-state index in [1.807, 2.05) is 24.3 Å². The minimum atomic E-state index is -0.377. The van der Waals surface area contributed by atoms with Crippen LogP contribution in [0.25, 0.3) is 0 Å². The number of allylic oxidation sites excluding steroid dienone is 2. The van der Waals surface area contributed by atoms with Crippen molar-refractivity contribution >= 4 is 39.3 Å². The number of carbonyl (C=O) groups excluding carboxylic acids is 3. The summed E-state index contributed by atoms with van der Waals surface area (Å²) in [5.41, 5.74) is 0.581. The van der Waals surface area contributed by atoms with Gasteiger partial charge in [0.25, 0.3) is 0 Å². The third-order valence-electron chi connectivity index (χ3n) is 7.24. The van der Waals surface area contributed by atoms with Crippen LogP contribution in [-0.2, 0) is 14.4 Å². The molecule has 6 atom stereocenters. The predicted molar refractivity (Wildman–Crippen MR) is 121 cm³/mol. The fourth-order valence-corrected chi connectivity index (χ4v) is 6.03. The van der Waals surface area contributed by atoms with E-state index in [1.165, 1.54) is 4.90 Å². The molecule has 0 unspecified atom stereocenters. The van der Waals surface area contributed by atoms with Crippen molar-refractivity contribution in [3.05, 3.63) is 65.2 Å². The molecule has 1 N–H and O–H groups in total. The van der Waals surface area contributed by atoms with Gasteiger partial charge in [-0.25, -0.2) is 0 Å². The molecule has 7 rings (SSSR count). The molecule has 1 aliphatic heterocycles. The molecule has 3 amide bonds. The second-order valence-electron chi connectivity index (χ2n) is 9.05. The molecule has 2 aromatic carbocycles. The molecular weight excluding hydrogens is 472 g/mol. The second kappa shape index (κ2) is 7.30. The van der Waals surface area contributed by atoms with Crippen molar-refractivity contribution in [2.24, 2.45) is 35.5 Å². The number of rotatable bonds is 5. The summed E-state index contributed by atoms with van der Waals surface area (Å²) in [6.07, 6.45) is 5.39. The van der Waals surface area contributed by atoms with Gasteiger partial charge in [-0.15, -0.1) is 0 Å². The van der Waals surface area contributed by atoms with E-state index in [1.54, 1.807) is 24.3 Å². The van der Waals surface area contributed by atoms with Crippen molar-refractivity contribution in [3.63, 3.8) is 0 Å². The van der Waals surface area contributed by atoms with E-state index in [0.29, 0.717) is 29.0 Å². The van der Waals surface area contributed by atoms with E-state index in [-0.39, 0.29) is 47.9 Å². The van der Waals surface area contributed by atoms with Gasteiger partial charge in [-0.2, -0.15) is 0 Å². The Hall–Kier alpha value is -2.93. The lowest BCUT2D eigenvalue weighted by molar-refractivity contribution is -0.142. The number of anilines is 1. The number of imide groups is 1. The molecule has 7 heteroatoms. The Morgan fingerprint density at radius 1 is 0.906 bits per heavy atom. The zero-order chi connectivity index (χ0) is 22.0. The number of hydrogen-bond acceptors (Lipinski definition) is 4. The lowest BCUT2D eigenvalue weighted by atomic mass is 9.63. The number of likely N-dealkylation sites (tertiary alicyclic amines) is 1. The Morgan fingerprint density at radius 3 is 2.00 bits per heavy atom. The average Bonchev–Trinajstić information content (AvgIpc) is 3.58. The van der Waals surface area contributed by atoms with E-state index in [4.69, 9.17) is 4.74 Å². The Bertz CT molecular complexity index is 1110. The van der Waals surface area contributed by atoms with Crippen LogP contribution in [0.15, 0.2) is 65.2 Å². The zero-order valence-corrected chi connectivity index (χ0v) is 18.7. The van der Waals surface area contributed by atoms with E-state index in [0.717, 1.165) is 10.9 Å². The fourth-order valence-electron chi connectivity index (χ4n) is 5.76. The molecule has 1 saturated heterocycles. The van der Waals surface area contributed by atoms with Crippen LogP contribution in [0.5, 0.6) is 11.5 Å². The Balaban J connectivity index is 1.09. The van der Waals surface area contributed by atoms with Crippen LogP contribution >= 0.6 is 15.9 Å². The monoisotopic (exact) mass is 492 g/mol. The van der Waals surface area contributed by atoms with Gasteiger partial charge in [0.05, 0.1) is 11.8 Å². The van der Waals surface area contributed by atoms with Crippen LogP contribution in [0.4, 0.5) is 5.69 Å². The lowest BCUT2D eigenvalue weighted by Gasteiger charge is -2.37. The van der Waals surface area contributed by atoms with Crippen molar-refractivity contribution < 1.29 is 19.1 Å². The topological polar surface area (TPSA) is 75.7 Å². The highest BCUT2D eigenvalue weighted by Gasteiger charge is 2.67. The zero-order valence-electron chi connectivity index (χ0n) is 17.1. The smallest absolute Gasteiger partial charge is 0.244 e. The maximum absolute atomic E-state index is 13.0. The molecule has 4 aliphatic carbocycles. The van der Waals surface area contributed by atoms with Crippen molar-refractivity contribution in [2.45, 2.75) is 6.42 Å². The maximum atomic E-state index is 13.0. The molecule has 32 heavy (non-hydrogen) atoms. The number of halogens is 1. The lowest BCUT2D eigenvalue weighted by Crippen LogP contribution is -2.40. The van der Waals surface area contributed by atoms with Gasteiger partial charge in [0, 0.05) is 10.2 Å². The van der Waals surface area contributed by atoms with Gasteiger partial charge in [0.15, 0.2) is 0 Å². The second-order valence-corrected chi connectivity index (χ2v) is 9.96. The molecule has 0 aromatic heterocycles. The summed E-state index contributed by atoms with van der Waals surface area (Å²) >= 11 is 3.39. The standard InChI is InChI=1S/C25H21BrN2O4/c26-13-1-5-15(6-2-13)32-16-7-3-14(4-8-16)27-21(29)12-28-24(30)22-17-9-10-18(20-11-19(17)20)23(22)25(28)31/h1-10,17-20,22-23H,11-12H2,(H,27,29)/t17-,18-,19-,20+,22+,23+/m0/s1. The Labute approximate surface area is 193 Å². The van der Waals surface area contributed by atoms with Gasteiger partial charge < -0.3 is 10.1 Å². The SMILES string of the molecule is O=C(CN1C(=O)[C@@H]2[C@H]3C=C[C@@H]([C@@H]4C[C@H]34)[C@H]2C1=O)Nc1ccc(Oc2ccc(Br)cc2)cc1. The normalized spacial score (nSPS) is 31.3. The van der Waals surface area contributed by atoms with Crippen LogP contribution in [-0.4, -0.2) is 29.2 Å². The highest BCUT2D eigenvalue weighted by Crippen LogP contribution is 2.65. The molecule has 3 fully saturated rings. The Kier molecular flexibility index (Phi) is 4.50. The number of benzene rings is 2. The Morgan fingerprint density at radius 2 is 1.44 bits per heavy atom. The third-order valence-corrected chi connectivity index (χ3v) is 7.77. The number of amides is 3. The van der Waals surface area contributed by atoms with Crippen molar-refractivity contribution in [2.75, 3.05) is 11.9 Å². The molecule has 5 aliphatic rings. The molecule has 0 radical (unpaired) electrons. The van der Waals surface area contributed by atoms with Gasteiger partial charge in [0.2, 0.25) is 17.7 Å². The number of nitrogens with zero attached hydrogens (tertiary/aromatic N) is 1. The highest BCUT2D eigenvalue weighted by molar-refractivity contribution is 9.10. The summed E-state index contributed by atoms with van der Waals surface area (Å²) in [6.45, 7) is -0.239. The summed E-state index contributed by atoms with van der Waals surface area (Å²) in [5, 5.41) is 2.78. The van der Waals surface area contributed by atoms with Crippen LogP contribution < -0.4 is 10.1 Å². The first-order valence-corrected chi connectivity index (χ1v) is 11.7. The van der Waals surface area contributed by atoms with Crippen molar-refractivity contribution in [1.82, 2.24) is 4.90 Å². The van der Waals surface area contributed by atoms with Gasteiger partial charge >= 0.3 is 0 Å². The van der Waals surface area contributed by atoms with Crippen LogP contribution in [0.1, 0.15) is 6.42 Å². The van der Waals surface area contributed by atoms with Crippen LogP contribution in [0, 0.1) is 35.5 Å². The summed E-state index contributed by atoms with van der Waals surface area (Å²) in [7, 11) is 0. The molecular formula is C25H21BrN2O4. The first-order valence-electron chi connectivity index (χ1n) is 10.9. The quantitative estimate of drug-likeness (QED) is 0.500. The highest BCUT2D eigenvalue weighted by atomic mass is 79.9. The van der Waals surface area contributed by atoms with Gasteiger partial charge in [-0.05, 0) is 78.6 Å². The summed E-state index contributed by atoms with van der Waals surface area (Å²) < 4.78 is 6.75.